The number of rotatable bonds is 13. The SMILES string of the molecule is CC(C)CC(=O)CCCOCCOCCNC(C)C. The highest BCUT2D eigenvalue weighted by atomic mass is 16.5. The van der Waals surface area contributed by atoms with E-state index in [0.717, 1.165) is 13.0 Å². The average molecular weight is 273 g/mol. The smallest absolute Gasteiger partial charge is 0.133 e. The summed E-state index contributed by atoms with van der Waals surface area (Å²) >= 11 is 0. The molecule has 19 heavy (non-hydrogen) atoms. The standard InChI is InChI=1S/C15H31NO3/c1-13(2)12-15(17)6-5-8-18-10-11-19-9-7-16-14(3)4/h13-14,16H,5-12H2,1-4H3. The molecule has 0 radical (unpaired) electrons. The zero-order chi connectivity index (χ0) is 14.5. The minimum atomic E-state index is 0.342. The lowest BCUT2D eigenvalue weighted by Gasteiger charge is -2.09. The van der Waals surface area contributed by atoms with Gasteiger partial charge in [0.25, 0.3) is 0 Å². The first-order chi connectivity index (χ1) is 9.02. The molecule has 0 atom stereocenters. The third kappa shape index (κ3) is 15.5. The van der Waals surface area contributed by atoms with Gasteiger partial charge in [0.15, 0.2) is 0 Å². The van der Waals surface area contributed by atoms with Crippen molar-refractivity contribution in [3.05, 3.63) is 0 Å². The summed E-state index contributed by atoms with van der Waals surface area (Å²) in [4.78, 5) is 11.4. The lowest BCUT2D eigenvalue weighted by atomic mass is 10.0. The predicted octanol–water partition coefficient (Wildman–Crippen LogP) is 2.41. The van der Waals surface area contributed by atoms with Crippen LogP contribution in [0.4, 0.5) is 0 Å². The number of ether oxygens (including phenoxy) is 2. The number of carbonyl (C=O) groups excluding carboxylic acids is 1. The van der Waals surface area contributed by atoms with Crippen molar-refractivity contribution in [3.63, 3.8) is 0 Å². The van der Waals surface area contributed by atoms with Gasteiger partial charge in [-0.1, -0.05) is 27.7 Å². The fourth-order valence-corrected chi connectivity index (χ4v) is 1.67. The molecule has 0 rings (SSSR count). The number of Topliss-reactive ketones (excluding diaryl/α,β-unsaturated/α-hetero) is 1. The second kappa shape index (κ2) is 12.6. The highest BCUT2D eigenvalue weighted by molar-refractivity contribution is 5.78. The molecule has 1 N–H and O–H groups in total. The van der Waals surface area contributed by atoms with E-state index < -0.39 is 0 Å². The van der Waals surface area contributed by atoms with E-state index >= 15 is 0 Å². The van der Waals surface area contributed by atoms with Gasteiger partial charge in [-0.2, -0.15) is 0 Å². The second-order valence-corrected chi connectivity index (χ2v) is 5.57. The van der Waals surface area contributed by atoms with Crippen molar-refractivity contribution in [1.82, 2.24) is 5.32 Å². The summed E-state index contributed by atoms with van der Waals surface area (Å²) in [5.41, 5.74) is 0. The molecule has 0 unspecified atom stereocenters. The van der Waals surface area contributed by atoms with Gasteiger partial charge in [0.2, 0.25) is 0 Å². The molecule has 0 aliphatic carbocycles. The van der Waals surface area contributed by atoms with Gasteiger partial charge in [0.1, 0.15) is 5.78 Å². The zero-order valence-corrected chi connectivity index (χ0v) is 13.0. The minimum Gasteiger partial charge on any atom is -0.379 e. The van der Waals surface area contributed by atoms with Crippen LogP contribution >= 0.6 is 0 Å². The van der Waals surface area contributed by atoms with Crippen LogP contribution in [-0.2, 0) is 14.3 Å². The second-order valence-electron chi connectivity index (χ2n) is 5.57. The quantitative estimate of drug-likeness (QED) is 0.524. The molecule has 0 spiro atoms. The Balaban J connectivity index is 3.13. The van der Waals surface area contributed by atoms with E-state index in [1.54, 1.807) is 0 Å². The number of ketones is 1. The summed E-state index contributed by atoms with van der Waals surface area (Å²) < 4.78 is 10.8. The van der Waals surface area contributed by atoms with Gasteiger partial charge in [-0.15, -0.1) is 0 Å². The normalized spacial score (nSPS) is 11.5. The van der Waals surface area contributed by atoms with Crippen LogP contribution in [0.3, 0.4) is 0 Å². The predicted molar refractivity (Wildman–Crippen MR) is 78.5 cm³/mol. The summed E-state index contributed by atoms with van der Waals surface area (Å²) in [6.07, 6.45) is 2.14. The molecule has 0 aromatic carbocycles. The molecule has 0 aliphatic rings. The Hall–Kier alpha value is -0.450. The monoisotopic (exact) mass is 273 g/mol. The van der Waals surface area contributed by atoms with Crippen LogP contribution in [0.5, 0.6) is 0 Å². The molecule has 0 aromatic rings. The Labute approximate surface area is 118 Å². The molecular formula is C15H31NO3. The summed E-state index contributed by atoms with van der Waals surface area (Å²) in [7, 11) is 0. The maximum atomic E-state index is 11.4. The fourth-order valence-electron chi connectivity index (χ4n) is 1.67. The number of nitrogens with one attached hydrogen (secondary N) is 1. The van der Waals surface area contributed by atoms with E-state index in [-0.39, 0.29) is 0 Å². The van der Waals surface area contributed by atoms with Crippen LogP contribution in [0.2, 0.25) is 0 Å². The van der Waals surface area contributed by atoms with Crippen molar-refractivity contribution < 1.29 is 14.3 Å². The van der Waals surface area contributed by atoms with Crippen LogP contribution in [0.1, 0.15) is 47.0 Å². The van der Waals surface area contributed by atoms with E-state index in [2.05, 4.69) is 33.0 Å². The Kier molecular flexibility index (Phi) is 12.3. The number of hydrogen-bond acceptors (Lipinski definition) is 4. The molecule has 4 nitrogen and oxygen atoms in total. The van der Waals surface area contributed by atoms with Gasteiger partial charge >= 0.3 is 0 Å². The van der Waals surface area contributed by atoms with E-state index in [4.69, 9.17) is 9.47 Å². The molecule has 0 amide bonds. The van der Waals surface area contributed by atoms with Crippen LogP contribution in [0.15, 0.2) is 0 Å². The summed E-state index contributed by atoms with van der Waals surface area (Å²) in [6, 6.07) is 0.503. The van der Waals surface area contributed by atoms with Crippen LogP contribution in [-0.4, -0.2) is 44.8 Å². The third-order valence-corrected chi connectivity index (χ3v) is 2.55. The van der Waals surface area contributed by atoms with Gasteiger partial charge in [-0.05, 0) is 12.3 Å². The molecule has 0 fully saturated rings. The molecule has 0 aromatic heterocycles. The van der Waals surface area contributed by atoms with Crippen molar-refractivity contribution in [2.24, 2.45) is 5.92 Å². The van der Waals surface area contributed by atoms with Crippen molar-refractivity contribution in [2.75, 3.05) is 33.0 Å². The molecule has 0 saturated heterocycles. The summed E-state index contributed by atoms with van der Waals surface area (Å²) in [6.45, 7) is 11.8. The Morgan fingerprint density at radius 2 is 1.63 bits per heavy atom. The van der Waals surface area contributed by atoms with E-state index in [1.807, 2.05) is 0 Å². The maximum absolute atomic E-state index is 11.4. The lowest BCUT2D eigenvalue weighted by Crippen LogP contribution is -2.27. The van der Waals surface area contributed by atoms with Crippen LogP contribution in [0.25, 0.3) is 0 Å². The molecular weight excluding hydrogens is 242 g/mol. The van der Waals surface area contributed by atoms with Gasteiger partial charge in [-0.3, -0.25) is 4.79 Å². The highest BCUT2D eigenvalue weighted by Gasteiger charge is 2.04. The number of carbonyl (C=O) groups is 1. The zero-order valence-electron chi connectivity index (χ0n) is 13.0. The maximum Gasteiger partial charge on any atom is 0.133 e. The molecule has 0 bridgehead atoms. The topological polar surface area (TPSA) is 47.6 Å². The van der Waals surface area contributed by atoms with Crippen molar-refractivity contribution in [2.45, 2.75) is 53.0 Å². The molecule has 4 heteroatoms. The van der Waals surface area contributed by atoms with Crippen molar-refractivity contribution >= 4 is 5.78 Å². The van der Waals surface area contributed by atoms with E-state index in [1.165, 1.54) is 0 Å². The molecule has 114 valence electrons. The van der Waals surface area contributed by atoms with Crippen molar-refractivity contribution in [3.8, 4) is 0 Å². The largest absolute Gasteiger partial charge is 0.379 e. The van der Waals surface area contributed by atoms with Gasteiger partial charge in [0, 0.05) is 32.0 Å². The van der Waals surface area contributed by atoms with Gasteiger partial charge < -0.3 is 14.8 Å². The Morgan fingerprint density at radius 1 is 1.00 bits per heavy atom. The lowest BCUT2D eigenvalue weighted by molar-refractivity contribution is -0.120. The molecule has 0 aliphatic heterocycles. The minimum absolute atomic E-state index is 0.342. The third-order valence-electron chi connectivity index (χ3n) is 2.55. The van der Waals surface area contributed by atoms with Gasteiger partial charge in [0.05, 0.1) is 19.8 Å². The average Bonchev–Trinajstić information content (AvgIpc) is 2.30. The van der Waals surface area contributed by atoms with Crippen LogP contribution in [0, 0.1) is 5.92 Å². The fraction of sp³-hybridized carbons (Fsp3) is 0.933. The Bertz CT molecular complexity index is 217. The van der Waals surface area contributed by atoms with Crippen molar-refractivity contribution in [1.29, 1.82) is 0 Å². The number of hydrogen-bond donors (Lipinski definition) is 1. The van der Waals surface area contributed by atoms with E-state index in [9.17, 15) is 4.79 Å². The first kappa shape index (κ1) is 18.6. The van der Waals surface area contributed by atoms with Gasteiger partial charge in [-0.25, -0.2) is 0 Å². The molecule has 0 heterocycles. The summed E-state index contributed by atoms with van der Waals surface area (Å²) in [5, 5.41) is 3.28. The molecule has 0 saturated carbocycles. The van der Waals surface area contributed by atoms with E-state index in [0.29, 0.717) is 57.0 Å². The summed E-state index contributed by atoms with van der Waals surface area (Å²) in [5.74, 6) is 0.802. The van der Waals surface area contributed by atoms with Crippen LogP contribution < -0.4 is 5.32 Å². The Morgan fingerprint density at radius 3 is 2.21 bits per heavy atom. The highest BCUT2D eigenvalue weighted by Crippen LogP contribution is 2.04. The first-order valence-corrected chi connectivity index (χ1v) is 7.43. The first-order valence-electron chi connectivity index (χ1n) is 7.43.